The molecular weight excluding hydrogens is 294 g/mol. The number of carbonyl (C=O) groups excluding carboxylic acids is 1. The predicted molar refractivity (Wildman–Crippen MR) is 86.7 cm³/mol. The number of ether oxygens (including phenoxy) is 2. The first-order valence-electron chi connectivity index (χ1n) is 8.31. The van der Waals surface area contributed by atoms with Crippen molar-refractivity contribution in [3.8, 4) is 11.5 Å². The van der Waals surface area contributed by atoms with Crippen molar-refractivity contribution in [3.05, 3.63) is 23.3 Å². The Balaban J connectivity index is 2.14. The fourth-order valence-electron chi connectivity index (χ4n) is 4.13. The number of methoxy groups -OCH3 is 2. The van der Waals surface area contributed by atoms with Gasteiger partial charge in [-0.25, -0.2) is 0 Å². The molecule has 0 aliphatic carbocycles. The van der Waals surface area contributed by atoms with E-state index in [9.17, 15) is 9.90 Å². The SMILES string of the molecule is CC[C@H]1CCC(=O)N2[C@H](CO)Cc3cc(OC)c(OC)cc3[C@@H]12. The molecule has 5 heteroatoms. The highest BCUT2D eigenvalue weighted by molar-refractivity contribution is 5.79. The molecule has 2 heterocycles. The number of hydrogen-bond acceptors (Lipinski definition) is 4. The summed E-state index contributed by atoms with van der Waals surface area (Å²) in [6.07, 6.45) is 3.15. The molecule has 1 aromatic carbocycles. The van der Waals surface area contributed by atoms with Crippen molar-refractivity contribution in [2.45, 2.75) is 44.7 Å². The molecule has 0 aromatic heterocycles. The molecule has 1 amide bonds. The molecule has 126 valence electrons. The molecule has 1 saturated heterocycles. The van der Waals surface area contributed by atoms with Gasteiger partial charge in [0.2, 0.25) is 5.91 Å². The summed E-state index contributed by atoms with van der Waals surface area (Å²) in [7, 11) is 3.26. The van der Waals surface area contributed by atoms with Crippen molar-refractivity contribution in [2.75, 3.05) is 20.8 Å². The summed E-state index contributed by atoms with van der Waals surface area (Å²) in [6, 6.07) is 3.90. The Labute approximate surface area is 137 Å². The van der Waals surface area contributed by atoms with Crippen LogP contribution in [0.15, 0.2) is 12.1 Å². The van der Waals surface area contributed by atoms with Crippen molar-refractivity contribution in [2.24, 2.45) is 5.92 Å². The van der Waals surface area contributed by atoms with Gasteiger partial charge in [0.25, 0.3) is 0 Å². The van der Waals surface area contributed by atoms with Crippen LogP contribution in [0.25, 0.3) is 0 Å². The van der Waals surface area contributed by atoms with E-state index in [-0.39, 0.29) is 24.6 Å². The van der Waals surface area contributed by atoms with Gasteiger partial charge in [0.05, 0.1) is 32.9 Å². The maximum atomic E-state index is 12.5. The molecule has 0 radical (unpaired) electrons. The van der Waals surface area contributed by atoms with E-state index < -0.39 is 0 Å². The second kappa shape index (κ2) is 6.40. The Morgan fingerprint density at radius 3 is 2.57 bits per heavy atom. The lowest BCUT2D eigenvalue weighted by molar-refractivity contribution is -0.145. The minimum atomic E-state index is -0.146. The number of aliphatic hydroxyl groups is 1. The first kappa shape index (κ1) is 16.1. The highest BCUT2D eigenvalue weighted by atomic mass is 16.5. The summed E-state index contributed by atoms with van der Waals surface area (Å²) in [5.41, 5.74) is 2.29. The summed E-state index contributed by atoms with van der Waals surface area (Å²) in [6.45, 7) is 2.16. The van der Waals surface area contributed by atoms with Crippen LogP contribution in [-0.2, 0) is 11.2 Å². The average Bonchev–Trinajstić information content (AvgIpc) is 2.59. The number of benzene rings is 1. The van der Waals surface area contributed by atoms with Crippen molar-refractivity contribution < 1.29 is 19.4 Å². The first-order valence-corrected chi connectivity index (χ1v) is 8.31. The van der Waals surface area contributed by atoms with Gasteiger partial charge in [-0.05, 0) is 42.0 Å². The molecule has 1 fully saturated rings. The van der Waals surface area contributed by atoms with Crippen LogP contribution in [0.3, 0.4) is 0 Å². The van der Waals surface area contributed by atoms with Gasteiger partial charge in [-0.2, -0.15) is 0 Å². The fourth-order valence-corrected chi connectivity index (χ4v) is 4.13. The minimum Gasteiger partial charge on any atom is -0.493 e. The zero-order valence-corrected chi connectivity index (χ0v) is 14.0. The van der Waals surface area contributed by atoms with E-state index in [1.807, 2.05) is 17.0 Å². The van der Waals surface area contributed by atoms with Crippen LogP contribution in [0.2, 0.25) is 0 Å². The van der Waals surface area contributed by atoms with Gasteiger partial charge in [0, 0.05) is 6.42 Å². The number of fused-ring (bicyclic) bond motifs is 3. The highest BCUT2D eigenvalue weighted by Gasteiger charge is 2.43. The summed E-state index contributed by atoms with van der Waals surface area (Å²) in [5, 5.41) is 9.81. The topological polar surface area (TPSA) is 59.0 Å². The Bertz CT molecular complexity index is 601. The lowest BCUT2D eigenvalue weighted by atomic mass is 9.76. The number of carbonyl (C=O) groups is 1. The molecule has 3 atom stereocenters. The molecule has 0 unspecified atom stereocenters. The minimum absolute atomic E-state index is 0.00748. The standard InChI is InChI=1S/C18H25NO4/c1-4-11-5-6-17(21)19-13(10-20)7-12-8-15(22-2)16(23-3)9-14(12)18(11)19/h8-9,11,13,18,20H,4-7,10H2,1-3H3/t11-,13-,18+/m0/s1. The normalized spacial score (nSPS) is 26.5. The molecular formula is C18H25NO4. The fraction of sp³-hybridized carbons (Fsp3) is 0.611. The molecule has 0 bridgehead atoms. The van der Waals surface area contributed by atoms with E-state index in [1.165, 1.54) is 0 Å². The second-order valence-corrected chi connectivity index (χ2v) is 6.40. The van der Waals surface area contributed by atoms with Crippen molar-refractivity contribution in [1.82, 2.24) is 4.90 Å². The molecule has 0 saturated carbocycles. The molecule has 23 heavy (non-hydrogen) atoms. The summed E-state index contributed by atoms with van der Waals surface area (Å²) in [4.78, 5) is 14.4. The van der Waals surface area contributed by atoms with Gasteiger partial charge in [0.1, 0.15) is 0 Å². The van der Waals surface area contributed by atoms with Crippen LogP contribution in [0.4, 0.5) is 0 Å². The van der Waals surface area contributed by atoms with E-state index in [0.29, 0.717) is 30.3 Å². The second-order valence-electron chi connectivity index (χ2n) is 6.40. The molecule has 1 aromatic rings. The largest absolute Gasteiger partial charge is 0.493 e. The lowest BCUT2D eigenvalue weighted by Crippen LogP contribution is -2.53. The predicted octanol–water partition coefficient (Wildman–Crippen LogP) is 2.31. The highest BCUT2D eigenvalue weighted by Crippen LogP contribution is 2.47. The maximum Gasteiger partial charge on any atom is 0.223 e. The lowest BCUT2D eigenvalue weighted by Gasteiger charge is -2.49. The van der Waals surface area contributed by atoms with Gasteiger partial charge in [0.15, 0.2) is 11.5 Å². The van der Waals surface area contributed by atoms with E-state index in [0.717, 1.165) is 24.0 Å². The van der Waals surface area contributed by atoms with Gasteiger partial charge in [-0.1, -0.05) is 13.3 Å². The Morgan fingerprint density at radius 1 is 1.26 bits per heavy atom. The van der Waals surface area contributed by atoms with Gasteiger partial charge in [-0.3, -0.25) is 4.79 Å². The van der Waals surface area contributed by atoms with E-state index in [4.69, 9.17) is 9.47 Å². The smallest absolute Gasteiger partial charge is 0.223 e. The average molecular weight is 319 g/mol. The third-order valence-corrected chi connectivity index (χ3v) is 5.31. The number of nitrogens with zero attached hydrogens (tertiary/aromatic N) is 1. The number of hydrogen-bond donors (Lipinski definition) is 1. The number of rotatable bonds is 4. The molecule has 3 rings (SSSR count). The monoisotopic (exact) mass is 319 g/mol. The molecule has 1 N–H and O–H groups in total. The van der Waals surface area contributed by atoms with Gasteiger partial charge >= 0.3 is 0 Å². The van der Waals surface area contributed by atoms with Crippen molar-refractivity contribution in [1.29, 1.82) is 0 Å². The van der Waals surface area contributed by atoms with Crippen LogP contribution in [0.1, 0.15) is 43.4 Å². The number of piperidine rings is 1. The van der Waals surface area contributed by atoms with Crippen LogP contribution in [-0.4, -0.2) is 42.8 Å². The first-order chi connectivity index (χ1) is 11.1. The quantitative estimate of drug-likeness (QED) is 0.925. The molecule has 5 nitrogen and oxygen atoms in total. The van der Waals surface area contributed by atoms with Crippen LogP contribution in [0, 0.1) is 5.92 Å². The summed E-state index contributed by atoms with van der Waals surface area (Å²) in [5.74, 6) is 1.96. The van der Waals surface area contributed by atoms with E-state index in [2.05, 4.69) is 6.92 Å². The van der Waals surface area contributed by atoms with Crippen LogP contribution < -0.4 is 9.47 Å². The van der Waals surface area contributed by atoms with Gasteiger partial charge in [-0.15, -0.1) is 0 Å². The van der Waals surface area contributed by atoms with E-state index in [1.54, 1.807) is 14.2 Å². The third-order valence-electron chi connectivity index (χ3n) is 5.31. The number of aliphatic hydroxyl groups excluding tert-OH is 1. The van der Waals surface area contributed by atoms with Crippen LogP contribution >= 0.6 is 0 Å². The number of amides is 1. The van der Waals surface area contributed by atoms with Gasteiger partial charge < -0.3 is 19.5 Å². The Hall–Kier alpha value is -1.75. The third kappa shape index (κ3) is 2.57. The summed E-state index contributed by atoms with van der Waals surface area (Å²) < 4.78 is 10.9. The molecule has 0 spiro atoms. The van der Waals surface area contributed by atoms with E-state index >= 15 is 0 Å². The van der Waals surface area contributed by atoms with Crippen LogP contribution in [0.5, 0.6) is 11.5 Å². The molecule has 2 aliphatic heterocycles. The Kier molecular flexibility index (Phi) is 4.48. The van der Waals surface area contributed by atoms with Crippen molar-refractivity contribution in [3.63, 3.8) is 0 Å². The Morgan fingerprint density at radius 2 is 1.96 bits per heavy atom. The summed E-state index contributed by atoms with van der Waals surface area (Å²) >= 11 is 0. The molecule has 2 aliphatic rings. The zero-order valence-electron chi connectivity index (χ0n) is 14.0. The zero-order chi connectivity index (χ0) is 16.6. The van der Waals surface area contributed by atoms with Crippen molar-refractivity contribution >= 4 is 5.91 Å². The maximum absolute atomic E-state index is 12.5.